The van der Waals surface area contributed by atoms with Crippen LogP contribution in [0.25, 0.3) is 0 Å². The van der Waals surface area contributed by atoms with Crippen LogP contribution < -0.4 is 9.47 Å². The van der Waals surface area contributed by atoms with E-state index in [0.29, 0.717) is 53.2 Å². The van der Waals surface area contributed by atoms with Crippen molar-refractivity contribution >= 4 is 28.9 Å². The molecule has 0 radical (unpaired) electrons. The minimum Gasteiger partial charge on any atom is -0.490 e. The van der Waals surface area contributed by atoms with Crippen molar-refractivity contribution in [3.63, 3.8) is 0 Å². The molecule has 222 valence electrons. The van der Waals surface area contributed by atoms with Gasteiger partial charge in [0.15, 0.2) is 23.1 Å². The average molecular weight is 593 g/mol. The molecule has 0 saturated carbocycles. The average Bonchev–Trinajstić information content (AvgIpc) is 2.88. The molecule has 2 aliphatic carbocycles. The summed E-state index contributed by atoms with van der Waals surface area (Å²) < 4.78 is 12.0. The second-order valence-corrected chi connectivity index (χ2v) is 13.5. The molecule has 2 aromatic carbocycles. The Morgan fingerprint density at radius 2 is 1.55 bits per heavy atom. The summed E-state index contributed by atoms with van der Waals surface area (Å²) in [5, 5.41) is 11.5. The van der Waals surface area contributed by atoms with Crippen LogP contribution in [0.3, 0.4) is 0 Å². The van der Waals surface area contributed by atoms with Crippen LogP contribution in [0.2, 0.25) is 5.02 Å². The highest BCUT2D eigenvalue weighted by Crippen LogP contribution is 2.55. The number of carbonyl (C=O) groups is 2. The molecule has 0 atom stereocenters. The monoisotopic (exact) mass is 592 g/mol. The molecule has 0 fully saturated rings. The van der Waals surface area contributed by atoms with Gasteiger partial charge in [-0.2, -0.15) is 0 Å². The van der Waals surface area contributed by atoms with Crippen molar-refractivity contribution < 1.29 is 24.0 Å². The number of nitrogens with zero attached hydrogens (tertiary/aromatic N) is 2. The number of ether oxygens (including phenoxy) is 2. The maximum absolute atomic E-state index is 13.8. The van der Waals surface area contributed by atoms with E-state index < -0.39 is 10.8 Å². The quantitative estimate of drug-likeness (QED) is 0.242. The van der Waals surface area contributed by atoms with Crippen LogP contribution >= 0.6 is 11.6 Å². The van der Waals surface area contributed by atoms with E-state index in [1.54, 1.807) is 18.2 Å². The number of Topliss-reactive ketones (excluding diaryl/α,β-unsaturated/α-hetero) is 2. The molecule has 0 amide bonds. The smallest absolute Gasteiger partial charge is 0.269 e. The summed E-state index contributed by atoms with van der Waals surface area (Å²) in [6.07, 6.45) is 2.25. The van der Waals surface area contributed by atoms with Crippen molar-refractivity contribution in [1.29, 1.82) is 0 Å². The molecule has 1 aliphatic heterocycles. The number of ketones is 2. The lowest BCUT2D eigenvalue weighted by molar-refractivity contribution is -0.384. The first-order chi connectivity index (χ1) is 19.7. The van der Waals surface area contributed by atoms with Crippen molar-refractivity contribution in [2.24, 2.45) is 10.8 Å². The third-order valence-electron chi connectivity index (χ3n) is 8.35. The molecular weight excluding hydrogens is 556 g/mol. The van der Waals surface area contributed by atoms with E-state index in [2.05, 4.69) is 32.6 Å². The van der Waals surface area contributed by atoms with Gasteiger partial charge in [0.1, 0.15) is 6.61 Å². The topological polar surface area (TPSA) is 99.0 Å². The van der Waals surface area contributed by atoms with E-state index in [0.717, 1.165) is 24.2 Å². The van der Waals surface area contributed by atoms with Gasteiger partial charge in [0.05, 0.1) is 16.6 Å². The number of benzene rings is 2. The van der Waals surface area contributed by atoms with Gasteiger partial charge in [0.25, 0.3) is 5.69 Å². The highest BCUT2D eigenvalue weighted by atomic mass is 35.5. The predicted octanol–water partition coefficient (Wildman–Crippen LogP) is 7.54. The molecule has 5 rings (SSSR count). The third-order valence-corrected chi connectivity index (χ3v) is 8.63. The third kappa shape index (κ3) is 5.56. The summed E-state index contributed by atoms with van der Waals surface area (Å²) in [6, 6.07) is 9.80. The lowest BCUT2D eigenvalue weighted by Crippen LogP contribution is -2.43. The van der Waals surface area contributed by atoms with E-state index in [1.807, 2.05) is 20.0 Å². The van der Waals surface area contributed by atoms with Gasteiger partial charge < -0.3 is 14.4 Å². The van der Waals surface area contributed by atoms with Crippen LogP contribution in [-0.4, -0.2) is 35.0 Å². The van der Waals surface area contributed by atoms with Gasteiger partial charge in [-0.1, -0.05) is 51.4 Å². The molecule has 0 spiro atoms. The second-order valence-electron chi connectivity index (χ2n) is 13.1. The molecule has 1 heterocycles. The Hall–Kier alpha value is -3.65. The van der Waals surface area contributed by atoms with E-state index in [4.69, 9.17) is 21.1 Å². The summed E-state index contributed by atoms with van der Waals surface area (Å²) in [5.41, 5.74) is 4.14. The minimum absolute atomic E-state index is 0.0290. The van der Waals surface area contributed by atoms with Crippen LogP contribution in [0, 0.1) is 20.9 Å². The van der Waals surface area contributed by atoms with Gasteiger partial charge in [-0.15, -0.1) is 0 Å². The number of halogens is 1. The number of non-ortho nitro benzene ring substituents is 1. The SMILES string of the molecule is CCOc1cc(C2C3=C(CC(C)(C)CC3=O)N(C)C3=C2C(=O)CC(C)(C)C3)cc(Cl)c1OCc1cccc([N+](=O)[O-])c1. The molecule has 0 N–H and O–H groups in total. The Morgan fingerprint density at radius 1 is 0.952 bits per heavy atom. The fourth-order valence-corrected chi connectivity index (χ4v) is 6.84. The standard InChI is InChI=1S/C33H37ClN2O6/c1-7-41-27-13-20(12-22(34)31(27)42-18-19-9-8-10-21(11-19)36(39)40)28-29-23(14-32(2,3)16-25(29)37)35(6)24-15-33(4,5)17-26(38)30(24)28/h8-13,28H,7,14-18H2,1-6H3. The number of hydrogen-bond acceptors (Lipinski definition) is 7. The lowest BCUT2D eigenvalue weighted by Gasteiger charge is -2.48. The highest BCUT2D eigenvalue weighted by molar-refractivity contribution is 6.32. The number of hydrogen-bond donors (Lipinski definition) is 0. The summed E-state index contributed by atoms with van der Waals surface area (Å²) >= 11 is 6.85. The Kier molecular flexibility index (Phi) is 7.73. The molecule has 9 heteroatoms. The first kappa shape index (κ1) is 29.8. The van der Waals surface area contributed by atoms with Crippen LogP contribution in [0.15, 0.2) is 58.9 Å². The second kappa shape index (κ2) is 10.9. The van der Waals surface area contributed by atoms with Crippen molar-refractivity contribution in [2.75, 3.05) is 13.7 Å². The summed E-state index contributed by atoms with van der Waals surface area (Å²) in [5.74, 6) is 0.226. The van der Waals surface area contributed by atoms with Crippen molar-refractivity contribution in [1.82, 2.24) is 4.90 Å². The molecule has 42 heavy (non-hydrogen) atoms. The normalized spacial score (nSPS) is 19.9. The van der Waals surface area contributed by atoms with Gasteiger partial charge in [-0.25, -0.2) is 0 Å². The summed E-state index contributed by atoms with van der Waals surface area (Å²) in [7, 11) is 1.98. The number of carbonyl (C=O) groups excluding carboxylic acids is 2. The van der Waals surface area contributed by atoms with E-state index in [-0.39, 0.29) is 39.7 Å². The summed E-state index contributed by atoms with van der Waals surface area (Å²) in [6.45, 7) is 10.7. The minimum atomic E-state index is -0.555. The van der Waals surface area contributed by atoms with Crippen LogP contribution in [0.5, 0.6) is 11.5 Å². The lowest BCUT2D eigenvalue weighted by atomic mass is 9.63. The number of nitro benzene ring substituents is 1. The maximum Gasteiger partial charge on any atom is 0.269 e. The maximum atomic E-state index is 13.8. The van der Waals surface area contributed by atoms with Crippen molar-refractivity contribution in [2.45, 2.75) is 72.8 Å². The molecule has 8 nitrogen and oxygen atoms in total. The van der Waals surface area contributed by atoms with Crippen LogP contribution in [0.4, 0.5) is 5.69 Å². The van der Waals surface area contributed by atoms with Gasteiger partial charge >= 0.3 is 0 Å². The first-order valence-electron chi connectivity index (χ1n) is 14.3. The zero-order valence-corrected chi connectivity index (χ0v) is 25.8. The predicted molar refractivity (Wildman–Crippen MR) is 161 cm³/mol. The zero-order valence-electron chi connectivity index (χ0n) is 25.0. The first-order valence-corrected chi connectivity index (χ1v) is 14.7. The largest absolute Gasteiger partial charge is 0.490 e. The van der Waals surface area contributed by atoms with Crippen molar-refractivity contribution in [3.8, 4) is 11.5 Å². The number of allylic oxidation sites excluding steroid dienone is 4. The van der Waals surface area contributed by atoms with Gasteiger partial charge in [-0.05, 0) is 53.9 Å². The van der Waals surface area contributed by atoms with E-state index >= 15 is 0 Å². The Balaban J connectivity index is 1.62. The molecule has 0 unspecified atom stereocenters. The van der Waals surface area contributed by atoms with Crippen LogP contribution in [0.1, 0.15) is 77.3 Å². The number of nitro groups is 1. The molecule has 0 saturated heterocycles. The van der Waals surface area contributed by atoms with E-state index in [1.165, 1.54) is 12.1 Å². The fraction of sp³-hybridized carbons (Fsp3) is 0.455. The molecule has 2 aromatic rings. The van der Waals surface area contributed by atoms with Gasteiger partial charge in [0, 0.05) is 60.5 Å². The fourth-order valence-electron chi connectivity index (χ4n) is 6.57. The summed E-state index contributed by atoms with van der Waals surface area (Å²) in [4.78, 5) is 40.5. The Labute approximate surface area is 251 Å². The molecule has 0 aromatic heterocycles. The molecular formula is C33H37ClN2O6. The molecule has 0 bridgehead atoms. The highest BCUT2D eigenvalue weighted by Gasteiger charge is 2.48. The Morgan fingerprint density at radius 3 is 2.10 bits per heavy atom. The molecule has 3 aliphatic rings. The van der Waals surface area contributed by atoms with Gasteiger partial charge in [0.2, 0.25) is 0 Å². The zero-order chi connectivity index (χ0) is 30.6. The number of rotatable bonds is 7. The van der Waals surface area contributed by atoms with Gasteiger partial charge in [-0.3, -0.25) is 19.7 Å². The van der Waals surface area contributed by atoms with Crippen molar-refractivity contribution in [3.05, 3.63) is 85.2 Å². The van der Waals surface area contributed by atoms with E-state index in [9.17, 15) is 19.7 Å². The Bertz CT molecular complexity index is 1500. The van der Waals surface area contributed by atoms with Crippen LogP contribution in [-0.2, 0) is 16.2 Å².